The number of aromatic nitrogens is 5. The number of carbonyl (C=O) groups excluding carboxylic acids is 4. The van der Waals surface area contributed by atoms with E-state index in [0.717, 1.165) is 35.0 Å². The van der Waals surface area contributed by atoms with Gasteiger partial charge >= 0.3 is 12.2 Å². The average Bonchev–Trinajstić information content (AvgIpc) is 4.20. The molecule has 348 valence electrons. The number of hydrogen-bond donors (Lipinski definition) is 4. The molecule has 3 saturated heterocycles. The summed E-state index contributed by atoms with van der Waals surface area (Å²) in [5.41, 5.74) is 5.07. The molecule has 4 N–H and O–H groups in total. The summed E-state index contributed by atoms with van der Waals surface area (Å²) in [4.78, 5) is 77.4. The molecule has 3 aliphatic rings. The van der Waals surface area contributed by atoms with Crippen LogP contribution in [0.15, 0.2) is 91.3 Å². The lowest BCUT2D eigenvalue weighted by Gasteiger charge is -2.30. The molecule has 3 fully saturated rings. The van der Waals surface area contributed by atoms with Crippen LogP contribution in [0.1, 0.15) is 87.7 Å². The number of rotatable bonds is 12. The normalized spacial score (nSPS) is 18.5. The summed E-state index contributed by atoms with van der Waals surface area (Å²) in [6, 6.07) is 21.5. The highest BCUT2D eigenvalue weighted by atomic mass is 19.1. The molecule has 4 amide bonds. The molecule has 16 nitrogen and oxygen atoms in total. The Bertz CT molecular complexity index is 2750. The van der Waals surface area contributed by atoms with Crippen LogP contribution < -0.4 is 10.6 Å². The van der Waals surface area contributed by atoms with Crippen molar-refractivity contribution in [1.82, 2.24) is 45.4 Å². The second kappa shape index (κ2) is 19.8. The van der Waals surface area contributed by atoms with Crippen molar-refractivity contribution >= 4 is 34.9 Å². The maximum atomic E-state index is 15.9. The highest BCUT2D eigenvalue weighted by Gasteiger charge is 2.39. The molecule has 9 rings (SSSR count). The minimum Gasteiger partial charge on any atom is -0.453 e. The zero-order valence-corrected chi connectivity index (χ0v) is 37.7. The summed E-state index contributed by atoms with van der Waals surface area (Å²) in [6.07, 6.45) is 5.93. The second-order valence-corrected chi connectivity index (χ2v) is 17.6. The zero-order valence-electron chi connectivity index (χ0n) is 37.7. The van der Waals surface area contributed by atoms with E-state index >= 15 is 4.39 Å². The fourth-order valence-corrected chi connectivity index (χ4v) is 9.35. The van der Waals surface area contributed by atoms with Gasteiger partial charge in [-0.25, -0.2) is 28.9 Å². The smallest absolute Gasteiger partial charge is 0.408 e. The molecule has 3 aliphatic heterocycles. The number of methoxy groups -OCH3 is 1. The Labute approximate surface area is 387 Å². The lowest BCUT2D eigenvalue weighted by Crippen LogP contribution is -2.51. The Balaban J connectivity index is 0.874. The number of nitrogens with one attached hydrogen (secondary N) is 4. The van der Waals surface area contributed by atoms with Gasteiger partial charge in [0.15, 0.2) is 0 Å². The highest BCUT2D eigenvalue weighted by molar-refractivity contribution is 5.89. The maximum absolute atomic E-state index is 15.9. The van der Waals surface area contributed by atoms with Gasteiger partial charge in [-0.15, -0.1) is 0 Å². The van der Waals surface area contributed by atoms with E-state index in [1.54, 1.807) is 28.3 Å². The van der Waals surface area contributed by atoms with Gasteiger partial charge in [0.25, 0.3) is 5.91 Å². The molecule has 4 atom stereocenters. The Morgan fingerprint density at radius 3 is 2.12 bits per heavy atom. The van der Waals surface area contributed by atoms with Crippen LogP contribution in [0.5, 0.6) is 0 Å². The first kappa shape index (κ1) is 45.0. The summed E-state index contributed by atoms with van der Waals surface area (Å²) in [5.74, 6) is 0.131. The summed E-state index contributed by atoms with van der Waals surface area (Å²) in [6.45, 7) is 5.80. The van der Waals surface area contributed by atoms with Gasteiger partial charge in [-0.05, 0) is 67.5 Å². The molecule has 0 bridgehead atoms. The number of likely N-dealkylation sites (tertiary alicyclic amines) is 2. The van der Waals surface area contributed by atoms with Crippen LogP contribution in [0.25, 0.3) is 44.7 Å². The molecular weight excluding hydrogens is 858 g/mol. The average molecular weight is 912 g/mol. The maximum Gasteiger partial charge on any atom is 0.408 e. The lowest BCUT2D eigenvalue weighted by molar-refractivity contribution is -0.136. The Hall–Kier alpha value is -7.14. The van der Waals surface area contributed by atoms with E-state index in [4.69, 9.17) is 24.2 Å². The zero-order chi connectivity index (χ0) is 46.6. The Morgan fingerprint density at radius 1 is 0.761 bits per heavy atom. The van der Waals surface area contributed by atoms with E-state index < -0.39 is 30.1 Å². The third-order valence-corrected chi connectivity index (χ3v) is 12.9. The first-order chi connectivity index (χ1) is 32.5. The van der Waals surface area contributed by atoms with Gasteiger partial charge in [-0.1, -0.05) is 62.4 Å². The van der Waals surface area contributed by atoms with Crippen LogP contribution in [0.4, 0.5) is 14.0 Å². The fraction of sp³-hybridized carbons (Fsp3) is 0.380. The number of fused-ring (bicyclic) bond motifs is 1. The number of pyridine rings is 1. The first-order valence-corrected chi connectivity index (χ1v) is 22.9. The minimum atomic E-state index is -0.933. The largest absolute Gasteiger partial charge is 0.453 e. The fourth-order valence-electron chi connectivity index (χ4n) is 9.35. The van der Waals surface area contributed by atoms with Crippen LogP contribution in [0.2, 0.25) is 0 Å². The van der Waals surface area contributed by atoms with Crippen LogP contribution >= 0.6 is 0 Å². The van der Waals surface area contributed by atoms with Gasteiger partial charge in [0.2, 0.25) is 5.91 Å². The number of ether oxygens (including phenoxy) is 3. The molecule has 17 heteroatoms. The number of halogens is 1. The number of H-pyrrole nitrogens is 2. The molecule has 0 aliphatic carbocycles. The number of carbonyl (C=O) groups is 4. The van der Waals surface area contributed by atoms with E-state index in [1.807, 2.05) is 80.6 Å². The molecular formula is C50H54FN9O7. The van der Waals surface area contributed by atoms with E-state index in [2.05, 4.69) is 25.6 Å². The summed E-state index contributed by atoms with van der Waals surface area (Å²) < 4.78 is 31.7. The molecule has 6 aromatic rings. The van der Waals surface area contributed by atoms with Crippen LogP contribution in [0, 0.1) is 11.7 Å². The Kier molecular flexibility index (Phi) is 13.3. The minimum absolute atomic E-state index is 0.166. The van der Waals surface area contributed by atoms with Crippen LogP contribution in [0.3, 0.4) is 0 Å². The summed E-state index contributed by atoms with van der Waals surface area (Å²) in [5, 5.41) is 6.39. The molecule has 6 heterocycles. The number of aromatic amines is 2. The molecule has 0 spiro atoms. The van der Waals surface area contributed by atoms with E-state index in [1.165, 1.54) is 13.2 Å². The van der Waals surface area contributed by atoms with Crippen LogP contribution in [-0.2, 0) is 23.8 Å². The third-order valence-electron chi connectivity index (χ3n) is 12.9. The summed E-state index contributed by atoms with van der Waals surface area (Å²) >= 11 is 0. The van der Waals surface area contributed by atoms with Crippen molar-refractivity contribution in [3.63, 3.8) is 0 Å². The topological polar surface area (TPSA) is 197 Å². The number of alkyl carbamates (subject to hydrolysis) is 2. The quantitative estimate of drug-likeness (QED) is 0.0930. The van der Waals surface area contributed by atoms with Crippen molar-refractivity contribution in [1.29, 1.82) is 0 Å². The van der Waals surface area contributed by atoms with Gasteiger partial charge in [0, 0.05) is 48.0 Å². The predicted molar refractivity (Wildman–Crippen MR) is 246 cm³/mol. The van der Waals surface area contributed by atoms with Gasteiger partial charge in [0.05, 0.1) is 67.4 Å². The molecule has 0 unspecified atom stereocenters. The van der Waals surface area contributed by atoms with Crippen LogP contribution in [-0.4, -0.2) is 104 Å². The molecule has 0 radical (unpaired) electrons. The van der Waals surface area contributed by atoms with Crippen molar-refractivity contribution in [3.8, 4) is 33.8 Å². The highest BCUT2D eigenvalue weighted by Crippen LogP contribution is 2.36. The molecule has 67 heavy (non-hydrogen) atoms. The van der Waals surface area contributed by atoms with Crippen molar-refractivity contribution < 1.29 is 37.8 Å². The van der Waals surface area contributed by atoms with Gasteiger partial charge in [-0.2, -0.15) is 0 Å². The number of nitrogens with zero attached hydrogens (tertiary/aromatic N) is 5. The van der Waals surface area contributed by atoms with Crippen molar-refractivity contribution in [3.05, 3.63) is 114 Å². The number of hydrogen-bond acceptors (Lipinski definition) is 10. The van der Waals surface area contributed by atoms with Crippen molar-refractivity contribution in [2.45, 2.75) is 82.6 Å². The van der Waals surface area contributed by atoms with Gasteiger partial charge in [-0.3, -0.25) is 9.59 Å². The number of benzene rings is 3. The van der Waals surface area contributed by atoms with Gasteiger partial charge in [0.1, 0.15) is 35.7 Å². The predicted octanol–water partition coefficient (Wildman–Crippen LogP) is 8.18. The summed E-state index contributed by atoms with van der Waals surface area (Å²) in [7, 11) is 1.26. The monoisotopic (exact) mass is 911 g/mol. The second-order valence-electron chi connectivity index (χ2n) is 17.6. The van der Waals surface area contributed by atoms with Gasteiger partial charge < -0.3 is 44.6 Å². The van der Waals surface area contributed by atoms with Crippen molar-refractivity contribution in [2.24, 2.45) is 5.92 Å². The Morgan fingerprint density at radius 2 is 1.43 bits per heavy atom. The number of imidazole rings is 2. The SMILES string of the molecule is COC(=O)N[C@H](C(=O)N1CCC[C@H]1c1ncc(-c2ccc(-c3ccc4cc(-c5cnc([C@@H]6CCCN6C(=O)[C@H](NC(=O)OC6CCOCC6)c6ccccc6)[nH]5)ccc4n3)cc2F)[nH]1)C(C)C. The standard InChI is InChI=1S/C50H54FN9O7/c1-29(2)43(57-49(63)65-3)47(61)59-21-7-12-42(59)46-53-28-40(56-46)35-16-13-33(26-36(35)51)38-17-14-31-25-32(15-18-37(31)54-38)39-27-52-45(55-39)41-11-8-22-60(41)48(62)44(30-9-5-4-6-10-30)58-50(64)67-34-19-23-66-24-20-34/h4-6,9-10,13-18,25-29,34,41-44H,7-8,11-12,19-24H2,1-3H3,(H,52,55)(H,53,56)(H,57,63)(H,58,64)/t41-,42-,43-,44+/m0/s1. The molecule has 3 aromatic heterocycles. The molecule has 0 saturated carbocycles. The number of amides is 4. The van der Waals surface area contributed by atoms with Crippen molar-refractivity contribution in [2.75, 3.05) is 33.4 Å². The first-order valence-electron chi connectivity index (χ1n) is 22.9. The third kappa shape index (κ3) is 9.73. The van der Waals surface area contributed by atoms with E-state index in [0.29, 0.717) is 91.7 Å². The van der Waals surface area contributed by atoms with E-state index in [-0.39, 0.29) is 35.9 Å². The van der Waals surface area contributed by atoms with E-state index in [9.17, 15) is 19.2 Å². The lowest BCUT2D eigenvalue weighted by atomic mass is 10.0. The molecule has 3 aromatic carbocycles.